The maximum atomic E-state index is 9.19. The lowest BCUT2D eigenvalue weighted by Crippen LogP contribution is -1.72. The van der Waals surface area contributed by atoms with E-state index >= 15 is 0 Å². The number of phenols is 1. The minimum Gasteiger partial charge on any atom is -0.506 e. The molecule has 0 radical (unpaired) electrons. The van der Waals surface area contributed by atoms with Crippen molar-refractivity contribution >= 4 is 44.5 Å². The molecule has 10 heavy (non-hydrogen) atoms. The third-order valence-corrected chi connectivity index (χ3v) is 2.41. The molecule has 1 aromatic carbocycles. The summed E-state index contributed by atoms with van der Waals surface area (Å²) in [5.41, 5.74) is 0. The van der Waals surface area contributed by atoms with Crippen molar-refractivity contribution in [2.24, 2.45) is 0 Å². The molecular weight excluding hydrogens is 280 g/mol. The third-order valence-electron chi connectivity index (χ3n) is 1.01. The molecule has 54 valence electrons. The normalized spacial score (nSPS) is 9.90. The minimum atomic E-state index is 0.173. The molecule has 0 amide bonds. The topological polar surface area (TPSA) is 20.2 Å². The van der Waals surface area contributed by atoms with Crippen LogP contribution in [0.15, 0.2) is 26.0 Å². The van der Waals surface area contributed by atoms with E-state index in [2.05, 4.69) is 44.5 Å². The number of phenolic OH excluding ortho intramolecular Hbond substituents is 1. The first kappa shape index (κ1) is 8.43. The highest BCUT2D eigenvalue weighted by molar-refractivity contribution is 9.11. The van der Waals surface area contributed by atoms with Crippen molar-refractivity contribution < 1.29 is 5.11 Å². The molecular formula is C6H4Br2OS. The number of hydrogen-bond donors (Lipinski definition) is 2. The van der Waals surface area contributed by atoms with Crippen molar-refractivity contribution in [3.63, 3.8) is 0 Å². The number of thiol groups is 1. The zero-order chi connectivity index (χ0) is 7.72. The van der Waals surface area contributed by atoms with Crippen LogP contribution in [0, 0.1) is 0 Å². The summed E-state index contributed by atoms with van der Waals surface area (Å²) in [5.74, 6) is 0.173. The van der Waals surface area contributed by atoms with E-state index < -0.39 is 0 Å². The number of benzene rings is 1. The molecule has 0 heterocycles. The van der Waals surface area contributed by atoms with Crippen LogP contribution in [0.2, 0.25) is 0 Å². The van der Waals surface area contributed by atoms with Gasteiger partial charge in [-0.3, -0.25) is 0 Å². The highest BCUT2D eigenvalue weighted by atomic mass is 79.9. The Kier molecular flexibility index (Phi) is 2.66. The zero-order valence-electron chi connectivity index (χ0n) is 4.81. The Hall–Kier alpha value is 0.330. The second kappa shape index (κ2) is 3.15. The summed E-state index contributed by atoms with van der Waals surface area (Å²) in [4.78, 5) is 0.557. The van der Waals surface area contributed by atoms with Gasteiger partial charge in [0, 0.05) is 9.37 Å². The van der Waals surface area contributed by atoms with Gasteiger partial charge in [0.15, 0.2) is 0 Å². The van der Waals surface area contributed by atoms with Gasteiger partial charge in [0.25, 0.3) is 0 Å². The van der Waals surface area contributed by atoms with Gasteiger partial charge in [-0.25, -0.2) is 0 Å². The largest absolute Gasteiger partial charge is 0.506 e. The lowest BCUT2D eigenvalue weighted by Gasteiger charge is -2.00. The van der Waals surface area contributed by atoms with Gasteiger partial charge in [-0.05, 0) is 28.1 Å². The van der Waals surface area contributed by atoms with Gasteiger partial charge in [0.1, 0.15) is 5.75 Å². The van der Waals surface area contributed by atoms with E-state index in [0.29, 0.717) is 9.37 Å². The van der Waals surface area contributed by atoms with Crippen LogP contribution in [0.3, 0.4) is 0 Å². The zero-order valence-corrected chi connectivity index (χ0v) is 8.87. The van der Waals surface area contributed by atoms with Gasteiger partial charge < -0.3 is 5.11 Å². The highest BCUT2D eigenvalue weighted by Crippen LogP contribution is 2.33. The fraction of sp³-hybridized carbons (Fsp3) is 0. The second-order valence-corrected chi connectivity index (χ2v) is 4.01. The maximum absolute atomic E-state index is 9.19. The van der Waals surface area contributed by atoms with E-state index in [1.54, 1.807) is 12.1 Å². The molecule has 0 aliphatic carbocycles. The second-order valence-electron chi connectivity index (χ2n) is 1.76. The van der Waals surface area contributed by atoms with E-state index in [9.17, 15) is 5.11 Å². The summed E-state index contributed by atoms with van der Waals surface area (Å²) >= 11 is 10.5. The standard InChI is InChI=1S/C6H4Br2OS/c7-3-1-4(8)6(9)5(10)2-3/h1-2,9-10H. The van der Waals surface area contributed by atoms with Crippen molar-refractivity contribution in [1.29, 1.82) is 0 Å². The van der Waals surface area contributed by atoms with Crippen molar-refractivity contribution in [3.8, 4) is 5.75 Å². The molecule has 4 heteroatoms. The van der Waals surface area contributed by atoms with Crippen molar-refractivity contribution in [1.82, 2.24) is 0 Å². The Morgan fingerprint density at radius 2 is 1.90 bits per heavy atom. The summed E-state index contributed by atoms with van der Waals surface area (Å²) < 4.78 is 1.54. The van der Waals surface area contributed by atoms with Gasteiger partial charge in [-0.15, -0.1) is 12.6 Å². The van der Waals surface area contributed by atoms with E-state index in [0.717, 1.165) is 4.47 Å². The van der Waals surface area contributed by atoms with Crippen LogP contribution in [0.4, 0.5) is 0 Å². The molecule has 0 saturated carbocycles. The van der Waals surface area contributed by atoms with Crippen LogP contribution in [0.5, 0.6) is 5.75 Å². The van der Waals surface area contributed by atoms with Crippen LogP contribution >= 0.6 is 44.5 Å². The van der Waals surface area contributed by atoms with Crippen molar-refractivity contribution in [3.05, 3.63) is 21.1 Å². The molecule has 0 saturated heterocycles. The Morgan fingerprint density at radius 1 is 1.30 bits per heavy atom. The molecule has 1 rings (SSSR count). The smallest absolute Gasteiger partial charge is 0.143 e. The van der Waals surface area contributed by atoms with Gasteiger partial charge >= 0.3 is 0 Å². The number of aromatic hydroxyl groups is 1. The first-order valence-corrected chi connectivity index (χ1v) is 4.51. The third kappa shape index (κ3) is 1.68. The molecule has 1 N–H and O–H groups in total. The van der Waals surface area contributed by atoms with Crippen LogP contribution in [0.1, 0.15) is 0 Å². The number of halogens is 2. The summed E-state index contributed by atoms with van der Waals surface area (Å²) in [6, 6.07) is 3.48. The Balaban J connectivity index is 3.31. The SMILES string of the molecule is Oc1c(S)cc(Br)cc1Br. The fourth-order valence-electron chi connectivity index (χ4n) is 0.552. The monoisotopic (exact) mass is 282 g/mol. The molecule has 1 aromatic rings. The molecule has 0 aromatic heterocycles. The Bertz CT molecular complexity index is 239. The number of rotatable bonds is 0. The van der Waals surface area contributed by atoms with Gasteiger partial charge in [0.2, 0.25) is 0 Å². The summed E-state index contributed by atoms with van der Waals surface area (Å²) in [7, 11) is 0. The molecule has 0 aliphatic rings. The van der Waals surface area contributed by atoms with E-state index in [1.165, 1.54) is 0 Å². The predicted octanol–water partition coefficient (Wildman–Crippen LogP) is 3.21. The van der Waals surface area contributed by atoms with Crippen molar-refractivity contribution in [2.75, 3.05) is 0 Å². The predicted molar refractivity (Wildman–Crippen MR) is 50.8 cm³/mol. The van der Waals surface area contributed by atoms with Crippen LogP contribution in [0.25, 0.3) is 0 Å². The van der Waals surface area contributed by atoms with Gasteiger partial charge in [-0.2, -0.15) is 0 Å². The summed E-state index contributed by atoms with van der Waals surface area (Å²) in [5, 5.41) is 9.19. The average molecular weight is 284 g/mol. The maximum Gasteiger partial charge on any atom is 0.143 e. The lowest BCUT2D eigenvalue weighted by molar-refractivity contribution is 0.459. The van der Waals surface area contributed by atoms with E-state index in [4.69, 9.17) is 0 Å². The molecule has 0 unspecified atom stereocenters. The molecule has 0 spiro atoms. The highest BCUT2D eigenvalue weighted by Gasteiger charge is 2.02. The summed E-state index contributed by atoms with van der Waals surface area (Å²) in [6.07, 6.45) is 0. The van der Waals surface area contributed by atoms with Gasteiger partial charge in [0.05, 0.1) is 4.47 Å². The number of hydrogen-bond acceptors (Lipinski definition) is 2. The first-order valence-electron chi connectivity index (χ1n) is 2.48. The van der Waals surface area contributed by atoms with Crippen molar-refractivity contribution in [2.45, 2.75) is 4.90 Å². The molecule has 0 bridgehead atoms. The quantitative estimate of drug-likeness (QED) is 0.701. The van der Waals surface area contributed by atoms with Crippen LogP contribution in [-0.4, -0.2) is 5.11 Å². The Labute approximate surface area is 81.1 Å². The average Bonchev–Trinajstić information content (AvgIpc) is 1.82. The van der Waals surface area contributed by atoms with E-state index in [1.807, 2.05) is 0 Å². The van der Waals surface area contributed by atoms with Crippen LogP contribution < -0.4 is 0 Å². The first-order chi connectivity index (χ1) is 4.61. The lowest BCUT2D eigenvalue weighted by atomic mass is 10.3. The fourth-order valence-corrected chi connectivity index (χ4v) is 2.37. The minimum absolute atomic E-state index is 0.173. The molecule has 0 fully saturated rings. The van der Waals surface area contributed by atoms with Gasteiger partial charge in [-0.1, -0.05) is 15.9 Å². The Morgan fingerprint density at radius 3 is 2.40 bits per heavy atom. The molecule has 0 atom stereocenters. The molecule has 1 nitrogen and oxygen atoms in total. The summed E-state index contributed by atoms with van der Waals surface area (Å²) in [6.45, 7) is 0. The van der Waals surface area contributed by atoms with Crippen LogP contribution in [-0.2, 0) is 0 Å². The molecule has 0 aliphatic heterocycles. The van der Waals surface area contributed by atoms with E-state index in [-0.39, 0.29) is 5.75 Å².